The normalized spacial score (nSPS) is 14.8. The van der Waals surface area contributed by atoms with Crippen LogP contribution in [0.5, 0.6) is 0 Å². The van der Waals surface area contributed by atoms with E-state index in [0.717, 1.165) is 40.6 Å². The van der Waals surface area contributed by atoms with Gasteiger partial charge in [0.2, 0.25) is 0 Å². The number of pyridine rings is 1. The first-order chi connectivity index (χ1) is 12.2. The monoisotopic (exact) mass is 405 g/mol. The fraction of sp³-hybridized carbons (Fsp3) is 0.474. The third-order valence-electron chi connectivity index (χ3n) is 4.48. The van der Waals surface area contributed by atoms with E-state index in [1.54, 1.807) is 6.20 Å². The first kappa shape index (κ1) is 18.1. The van der Waals surface area contributed by atoms with Crippen LogP contribution in [0.1, 0.15) is 36.5 Å². The van der Waals surface area contributed by atoms with Crippen molar-refractivity contribution in [2.24, 2.45) is 0 Å². The van der Waals surface area contributed by atoms with E-state index in [4.69, 9.17) is 4.74 Å². The molecular formula is C19H24BrN3O2. The minimum absolute atomic E-state index is 0.334. The largest absolute Gasteiger partial charge is 0.462 e. The quantitative estimate of drug-likeness (QED) is 0.555. The predicted octanol–water partition coefficient (Wildman–Crippen LogP) is 4.07. The van der Waals surface area contributed by atoms with Crippen LogP contribution < -0.4 is 5.32 Å². The highest BCUT2D eigenvalue weighted by molar-refractivity contribution is 9.10. The van der Waals surface area contributed by atoms with Crippen molar-refractivity contribution >= 4 is 38.5 Å². The number of carbonyl (C=O) groups is 1. The number of hydrogen-bond acceptors (Lipinski definition) is 5. The number of carbonyl (C=O) groups excluding carboxylic acids is 1. The average Bonchev–Trinajstić information content (AvgIpc) is 3.12. The van der Waals surface area contributed by atoms with Gasteiger partial charge in [-0.25, -0.2) is 4.79 Å². The Kier molecular flexibility index (Phi) is 6.26. The highest BCUT2D eigenvalue weighted by Gasteiger charge is 2.17. The summed E-state index contributed by atoms with van der Waals surface area (Å²) in [7, 11) is 0. The number of rotatable bonds is 7. The number of hydrogen-bond donors (Lipinski definition) is 1. The van der Waals surface area contributed by atoms with Gasteiger partial charge < -0.3 is 15.0 Å². The molecule has 0 atom stereocenters. The molecule has 134 valence electrons. The second kappa shape index (κ2) is 8.63. The maximum Gasteiger partial charge on any atom is 0.341 e. The van der Waals surface area contributed by atoms with Crippen LogP contribution >= 0.6 is 15.9 Å². The van der Waals surface area contributed by atoms with Crippen LogP contribution in [0.4, 0.5) is 5.69 Å². The summed E-state index contributed by atoms with van der Waals surface area (Å²) < 4.78 is 6.16. The number of nitrogens with zero attached hydrogens (tertiary/aromatic N) is 2. The molecule has 0 aliphatic carbocycles. The summed E-state index contributed by atoms with van der Waals surface area (Å²) in [5, 5.41) is 4.39. The zero-order valence-corrected chi connectivity index (χ0v) is 16.1. The van der Waals surface area contributed by atoms with E-state index in [9.17, 15) is 4.79 Å². The van der Waals surface area contributed by atoms with E-state index < -0.39 is 0 Å². The molecule has 0 amide bonds. The van der Waals surface area contributed by atoms with E-state index in [0.29, 0.717) is 12.2 Å². The summed E-state index contributed by atoms with van der Waals surface area (Å²) in [6.45, 7) is 6.48. The maximum absolute atomic E-state index is 12.3. The van der Waals surface area contributed by atoms with Crippen molar-refractivity contribution in [1.82, 2.24) is 9.88 Å². The van der Waals surface area contributed by atoms with Gasteiger partial charge >= 0.3 is 5.97 Å². The van der Waals surface area contributed by atoms with Crippen LogP contribution in [0.3, 0.4) is 0 Å². The predicted molar refractivity (Wildman–Crippen MR) is 104 cm³/mol. The van der Waals surface area contributed by atoms with Gasteiger partial charge in [0.05, 0.1) is 17.8 Å². The Morgan fingerprint density at radius 2 is 2.16 bits per heavy atom. The van der Waals surface area contributed by atoms with Crippen molar-refractivity contribution in [3.05, 3.63) is 34.4 Å². The van der Waals surface area contributed by atoms with Gasteiger partial charge in [0, 0.05) is 22.6 Å². The lowest BCUT2D eigenvalue weighted by Gasteiger charge is -2.17. The van der Waals surface area contributed by atoms with E-state index in [1.165, 1.54) is 25.9 Å². The molecule has 1 aromatic carbocycles. The molecule has 1 fully saturated rings. The molecule has 2 heterocycles. The fourth-order valence-electron chi connectivity index (χ4n) is 3.24. The highest BCUT2D eigenvalue weighted by Crippen LogP contribution is 2.29. The number of aromatic nitrogens is 1. The van der Waals surface area contributed by atoms with Crippen molar-refractivity contribution in [3.63, 3.8) is 0 Å². The Morgan fingerprint density at radius 3 is 2.92 bits per heavy atom. The number of fused-ring (bicyclic) bond motifs is 1. The zero-order chi connectivity index (χ0) is 17.6. The number of halogens is 1. The van der Waals surface area contributed by atoms with Gasteiger partial charge in [0.15, 0.2) is 0 Å². The Morgan fingerprint density at radius 1 is 1.36 bits per heavy atom. The van der Waals surface area contributed by atoms with Gasteiger partial charge in [-0.05, 0) is 64.0 Å². The minimum Gasteiger partial charge on any atom is -0.462 e. The Labute approximate surface area is 156 Å². The van der Waals surface area contributed by atoms with E-state index >= 15 is 0 Å². The van der Waals surface area contributed by atoms with Gasteiger partial charge in [-0.3, -0.25) is 4.98 Å². The van der Waals surface area contributed by atoms with E-state index in [-0.39, 0.29) is 5.97 Å². The molecule has 3 rings (SSSR count). The summed E-state index contributed by atoms with van der Waals surface area (Å²) in [6, 6.07) is 5.90. The van der Waals surface area contributed by atoms with Crippen LogP contribution in [0.2, 0.25) is 0 Å². The van der Waals surface area contributed by atoms with Crippen molar-refractivity contribution in [3.8, 4) is 0 Å². The molecule has 1 aromatic heterocycles. The highest BCUT2D eigenvalue weighted by atomic mass is 79.9. The average molecular weight is 406 g/mol. The lowest BCUT2D eigenvalue weighted by Crippen LogP contribution is -2.22. The smallest absolute Gasteiger partial charge is 0.341 e. The lowest BCUT2D eigenvalue weighted by atomic mass is 10.1. The molecule has 1 aliphatic rings. The van der Waals surface area contributed by atoms with Crippen LogP contribution in [0, 0.1) is 0 Å². The number of benzene rings is 1. The number of anilines is 1. The SMILES string of the molecule is CCOC(=O)c1cnc2ccc(Br)cc2c1NCCCN1CCCC1. The van der Waals surface area contributed by atoms with Crippen LogP contribution in [-0.4, -0.2) is 48.6 Å². The second-order valence-corrected chi connectivity index (χ2v) is 7.17. The molecule has 1 aliphatic heterocycles. The van der Waals surface area contributed by atoms with Gasteiger partial charge in [-0.2, -0.15) is 0 Å². The topological polar surface area (TPSA) is 54.5 Å². The Bertz CT molecular complexity index is 745. The van der Waals surface area contributed by atoms with Crippen molar-refractivity contribution in [1.29, 1.82) is 0 Å². The summed E-state index contributed by atoms with van der Waals surface area (Å²) in [6.07, 6.45) is 5.27. The summed E-state index contributed by atoms with van der Waals surface area (Å²) >= 11 is 3.51. The lowest BCUT2D eigenvalue weighted by molar-refractivity contribution is 0.0527. The zero-order valence-electron chi connectivity index (χ0n) is 14.6. The number of ether oxygens (including phenoxy) is 1. The molecule has 0 unspecified atom stereocenters. The first-order valence-electron chi connectivity index (χ1n) is 8.90. The molecule has 6 heteroatoms. The van der Waals surface area contributed by atoms with Gasteiger partial charge in [-0.1, -0.05) is 15.9 Å². The van der Waals surface area contributed by atoms with Gasteiger partial charge in [0.1, 0.15) is 5.56 Å². The molecule has 5 nitrogen and oxygen atoms in total. The van der Waals surface area contributed by atoms with Gasteiger partial charge in [0.25, 0.3) is 0 Å². The summed E-state index contributed by atoms with van der Waals surface area (Å²) in [5.41, 5.74) is 2.16. The first-order valence-corrected chi connectivity index (χ1v) is 9.70. The Hall–Kier alpha value is -1.66. The molecule has 2 aromatic rings. The molecule has 1 N–H and O–H groups in total. The maximum atomic E-state index is 12.3. The molecule has 0 radical (unpaired) electrons. The summed E-state index contributed by atoms with van der Waals surface area (Å²) in [5.74, 6) is -0.334. The number of esters is 1. The van der Waals surface area contributed by atoms with Crippen molar-refractivity contribution < 1.29 is 9.53 Å². The second-order valence-electron chi connectivity index (χ2n) is 6.26. The molecule has 1 saturated heterocycles. The molecule has 0 spiro atoms. The van der Waals surface area contributed by atoms with Crippen molar-refractivity contribution in [2.75, 3.05) is 38.1 Å². The molecule has 0 bridgehead atoms. The van der Waals surface area contributed by atoms with Crippen molar-refractivity contribution in [2.45, 2.75) is 26.2 Å². The van der Waals surface area contributed by atoms with Crippen LogP contribution in [-0.2, 0) is 4.74 Å². The van der Waals surface area contributed by atoms with E-state index in [1.807, 2.05) is 25.1 Å². The number of likely N-dealkylation sites (tertiary alicyclic amines) is 1. The third-order valence-corrected chi connectivity index (χ3v) is 4.97. The molecule has 25 heavy (non-hydrogen) atoms. The summed E-state index contributed by atoms with van der Waals surface area (Å²) in [4.78, 5) is 19.2. The molecule has 0 saturated carbocycles. The fourth-order valence-corrected chi connectivity index (χ4v) is 3.60. The Balaban J connectivity index is 1.79. The van der Waals surface area contributed by atoms with E-state index in [2.05, 4.69) is 31.1 Å². The number of nitrogens with one attached hydrogen (secondary N) is 1. The van der Waals surface area contributed by atoms with Crippen LogP contribution in [0.25, 0.3) is 10.9 Å². The minimum atomic E-state index is -0.334. The standard InChI is InChI=1S/C19H24BrN3O2/c1-2-25-19(24)16-13-22-17-7-6-14(20)12-15(17)18(16)21-8-5-11-23-9-3-4-10-23/h6-7,12-13H,2-5,8-11H2,1H3,(H,21,22). The van der Waals surface area contributed by atoms with Crippen LogP contribution in [0.15, 0.2) is 28.9 Å². The third kappa shape index (κ3) is 4.50. The van der Waals surface area contributed by atoms with Gasteiger partial charge in [-0.15, -0.1) is 0 Å². The molecular weight excluding hydrogens is 382 g/mol.